The van der Waals surface area contributed by atoms with Crippen molar-refractivity contribution in [3.05, 3.63) is 118 Å². The first kappa shape index (κ1) is 19.1. The van der Waals surface area contributed by atoms with Crippen molar-refractivity contribution >= 4 is 17.0 Å². The van der Waals surface area contributed by atoms with E-state index in [0.717, 1.165) is 30.6 Å². The number of rotatable bonds is 5. The van der Waals surface area contributed by atoms with E-state index in [2.05, 4.69) is 65.7 Å². The van der Waals surface area contributed by atoms with E-state index in [1.54, 1.807) is 0 Å². The Morgan fingerprint density at radius 1 is 0.906 bits per heavy atom. The van der Waals surface area contributed by atoms with Crippen molar-refractivity contribution in [3.63, 3.8) is 0 Å². The third kappa shape index (κ3) is 3.23. The first-order valence-corrected chi connectivity index (χ1v) is 11.4. The van der Waals surface area contributed by atoms with Crippen LogP contribution in [0.3, 0.4) is 0 Å². The zero-order valence-corrected chi connectivity index (χ0v) is 17.8. The van der Waals surface area contributed by atoms with Crippen molar-refractivity contribution < 1.29 is 0 Å². The summed E-state index contributed by atoms with van der Waals surface area (Å²) in [6.45, 7) is 0. The summed E-state index contributed by atoms with van der Waals surface area (Å²) in [5, 5.41) is 2.93. The lowest BCUT2D eigenvalue weighted by atomic mass is 9.93. The van der Waals surface area contributed by atoms with E-state index in [0.29, 0.717) is 11.4 Å². The maximum absolute atomic E-state index is 13.5. The van der Waals surface area contributed by atoms with Gasteiger partial charge in [-0.1, -0.05) is 84.9 Å². The quantitative estimate of drug-likeness (QED) is 0.404. The zero-order chi connectivity index (χ0) is 21.5. The van der Waals surface area contributed by atoms with Crippen LogP contribution in [-0.2, 0) is 0 Å². The molecule has 0 aliphatic carbocycles. The molecule has 0 amide bonds. The molecular weight excluding hydrogens is 394 g/mol. The molecule has 4 nitrogen and oxygen atoms in total. The number of nitrogens with zero attached hydrogens (tertiary/aromatic N) is 3. The Morgan fingerprint density at radius 3 is 2.44 bits per heavy atom. The molecule has 3 aromatic carbocycles. The minimum atomic E-state index is 0.0542. The van der Waals surface area contributed by atoms with E-state index >= 15 is 0 Å². The fourth-order valence-corrected chi connectivity index (χ4v) is 5.15. The van der Waals surface area contributed by atoms with Crippen LogP contribution < -0.4 is 10.6 Å². The molecule has 2 aliphatic rings. The zero-order valence-electron chi connectivity index (χ0n) is 17.8. The first-order valence-electron chi connectivity index (χ1n) is 11.4. The van der Waals surface area contributed by atoms with Crippen molar-refractivity contribution in [1.29, 1.82) is 0 Å². The lowest BCUT2D eigenvalue weighted by molar-refractivity contribution is 0.471. The van der Waals surface area contributed by atoms with Crippen molar-refractivity contribution in [2.45, 2.75) is 37.3 Å². The number of hydrogen-bond donors (Lipinski definition) is 0. The average Bonchev–Trinajstić information content (AvgIpc) is 3.57. The minimum absolute atomic E-state index is 0.0542. The highest BCUT2D eigenvalue weighted by Crippen LogP contribution is 2.50. The average molecular weight is 420 g/mol. The van der Waals surface area contributed by atoms with Gasteiger partial charge >= 0.3 is 0 Å². The summed E-state index contributed by atoms with van der Waals surface area (Å²) in [5.41, 5.74) is 3.34. The van der Waals surface area contributed by atoms with Gasteiger partial charge in [-0.2, -0.15) is 0 Å². The standard InChI is InChI=1S/C28H25N3O/c32-28-23-17-9-10-18-24(23)29-27-22(16-8-7-13-20-11-3-1-4-12-20)19-25-26(30(25)31(27)28)21-14-5-2-6-15-21/h1-7,9-15,17-18,22,25-26H,8,16,19H2/b13-7+/t22-,25+,26-,30?/m0/s1. The molecular formula is C28H25N3O. The SMILES string of the molecule is O=c1c2ccccc2nc2n1N1[C@H](C[C@@H]2CC/C=C/c2ccccc2)[C@@H]1c1ccccc1. The molecule has 0 unspecified atom stereocenters. The van der Waals surface area contributed by atoms with Crippen LogP contribution in [0.25, 0.3) is 17.0 Å². The molecule has 0 spiro atoms. The molecule has 32 heavy (non-hydrogen) atoms. The van der Waals surface area contributed by atoms with E-state index in [1.165, 1.54) is 11.1 Å². The third-order valence-electron chi connectivity index (χ3n) is 6.73. The highest BCUT2D eigenvalue weighted by atomic mass is 16.1. The van der Waals surface area contributed by atoms with Gasteiger partial charge in [-0.3, -0.25) is 9.80 Å². The molecule has 2 aliphatic heterocycles. The van der Waals surface area contributed by atoms with Gasteiger partial charge in [0.25, 0.3) is 5.56 Å². The van der Waals surface area contributed by atoms with Gasteiger partial charge < -0.3 is 0 Å². The monoisotopic (exact) mass is 419 g/mol. The maximum Gasteiger partial charge on any atom is 0.280 e. The lowest BCUT2D eigenvalue weighted by Crippen LogP contribution is -2.38. The summed E-state index contributed by atoms with van der Waals surface area (Å²) in [4.78, 5) is 18.5. The van der Waals surface area contributed by atoms with Gasteiger partial charge in [0.05, 0.1) is 23.0 Å². The Hall–Kier alpha value is -3.66. The van der Waals surface area contributed by atoms with E-state index in [-0.39, 0.29) is 17.5 Å². The Labute approximate surface area is 187 Å². The van der Waals surface area contributed by atoms with Crippen LogP contribution >= 0.6 is 0 Å². The molecule has 4 aromatic rings. The predicted molar refractivity (Wildman–Crippen MR) is 129 cm³/mol. The van der Waals surface area contributed by atoms with Crippen molar-refractivity contribution in [1.82, 2.24) is 9.66 Å². The van der Waals surface area contributed by atoms with Crippen LogP contribution in [0.1, 0.15) is 48.2 Å². The van der Waals surface area contributed by atoms with E-state index in [9.17, 15) is 4.79 Å². The second kappa shape index (κ2) is 7.79. The largest absolute Gasteiger partial charge is 0.293 e. The molecule has 4 heteroatoms. The van der Waals surface area contributed by atoms with Crippen molar-refractivity contribution in [2.24, 2.45) is 0 Å². The number of para-hydroxylation sites is 1. The van der Waals surface area contributed by atoms with Crippen molar-refractivity contribution in [3.8, 4) is 0 Å². The van der Waals surface area contributed by atoms with Gasteiger partial charge in [0.2, 0.25) is 0 Å². The molecule has 1 saturated heterocycles. The van der Waals surface area contributed by atoms with Crippen LogP contribution in [-0.4, -0.2) is 15.7 Å². The van der Waals surface area contributed by atoms with Crippen LogP contribution in [0, 0.1) is 0 Å². The molecule has 3 atom stereocenters. The maximum atomic E-state index is 13.5. The van der Waals surface area contributed by atoms with Gasteiger partial charge in [-0.15, -0.1) is 0 Å². The number of aromatic nitrogens is 2. The molecule has 0 radical (unpaired) electrons. The topological polar surface area (TPSA) is 37.9 Å². The number of allylic oxidation sites excluding steroid dienone is 1. The molecule has 1 aromatic heterocycles. The Balaban J connectivity index is 1.34. The van der Waals surface area contributed by atoms with E-state index < -0.39 is 0 Å². The smallest absolute Gasteiger partial charge is 0.280 e. The fourth-order valence-electron chi connectivity index (χ4n) is 5.15. The molecule has 3 heterocycles. The van der Waals surface area contributed by atoms with E-state index in [4.69, 9.17) is 4.98 Å². The highest BCUT2D eigenvalue weighted by molar-refractivity contribution is 5.77. The molecule has 158 valence electrons. The lowest BCUT2D eigenvalue weighted by Gasteiger charge is -2.26. The third-order valence-corrected chi connectivity index (χ3v) is 6.73. The van der Waals surface area contributed by atoms with Crippen LogP contribution in [0.4, 0.5) is 0 Å². The number of fused-ring (bicyclic) bond motifs is 4. The molecule has 1 fully saturated rings. The second-order valence-corrected chi connectivity index (χ2v) is 8.73. The summed E-state index contributed by atoms with van der Waals surface area (Å²) in [6.07, 6.45) is 7.40. The van der Waals surface area contributed by atoms with Gasteiger partial charge in [0.15, 0.2) is 0 Å². The molecule has 0 bridgehead atoms. The van der Waals surface area contributed by atoms with Gasteiger partial charge in [-0.05, 0) is 42.5 Å². The predicted octanol–water partition coefficient (Wildman–Crippen LogP) is 5.44. The molecule has 6 rings (SSSR count). The Morgan fingerprint density at radius 2 is 1.62 bits per heavy atom. The second-order valence-electron chi connectivity index (χ2n) is 8.73. The van der Waals surface area contributed by atoms with Gasteiger partial charge in [-0.25, -0.2) is 9.66 Å². The normalized spacial score (nSPS) is 21.5. The van der Waals surface area contributed by atoms with Crippen LogP contribution in [0.2, 0.25) is 0 Å². The fraction of sp³-hybridized carbons (Fsp3) is 0.214. The van der Waals surface area contributed by atoms with Crippen LogP contribution in [0.5, 0.6) is 0 Å². The molecule has 0 saturated carbocycles. The number of benzene rings is 3. The van der Waals surface area contributed by atoms with Gasteiger partial charge in [0, 0.05) is 5.92 Å². The number of hydrogen-bond acceptors (Lipinski definition) is 3. The minimum Gasteiger partial charge on any atom is -0.293 e. The van der Waals surface area contributed by atoms with E-state index in [1.807, 2.05) is 41.1 Å². The Kier molecular flexibility index (Phi) is 4.64. The summed E-state index contributed by atoms with van der Waals surface area (Å²) < 4.78 is 1.89. The van der Waals surface area contributed by atoms with Crippen LogP contribution in [0.15, 0.2) is 95.8 Å². The Bertz CT molecular complexity index is 1340. The first-order chi connectivity index (χ1) is 15.8. The summed E-state index contributed by atoms with van der Waals surface area (Å²) in [5.74, 6) is 1.18. The highest BCUT2D eigenvalue weighted by Gasteiger charge is 2.54. The summed E-state index contributed by atoms with van der Waals surface area (Å²) >= 11 is 0. The van der Waals surface area contributed by atoms with Crippen molar-refractivity contribution in [2.75, 3.05) is 5.01 Å². The summed E-state index contributed by atoms with van der Waals surface area (Å²) in [7, 11) is 0. The molecule has 0 N–H and O–H groups in total. The summed E-state index contributed by atoms with van der Waals surface area (Å²) in [6, 6.07) is 29.2. The van der Waals surface area contributed by atoms with Gasteiger partial charge in [0.1, 0.15) is 5.82 Å².